The monoisotopic (exact) mass is 356 g/mol. The van der Waals surface area contributed by atoms with Crippen LogP contribution >= 0.6 is 0 Å². The van der Waals surface area contributed by atoms with E-state index < -0.39 is 6.04 Å². The number of aromatic amines is 1. The number of aromatic nitrogens is 2. The van der Waals surface area contributed by atoms with Crippen molar-refractivity contribution in [3.05, 3.63) is 42.1 Å². The van der Waals surface area contributed by atoms with E-state index in [-0.39, 0.29) is 11.8 Å². The lowest BCUT2D eigenvalue weighted by Crippen LogP contribution is -2.48. The van der Waals surface area contributed by atoms with Crippen molar-refractivity contribution in [2.75, 3.05) is 26.8 Å². The van der Waals surface area contributed by atoms with Crippen LogP contribution in [-0.2, 0) is 16.0 Å². The molecule has 6 nitrogen and oxygen atoms in total. The average Bonchev–Trinajstić information content (AvgIpc) is 3.17. The maximum atomic E-state index is 12.5. The zero-order chi connectivity index (χ0) is 18.4. The van der Waals surface area contributed by atoms with Crippen molar-refractivity contribution in [3.63, 3.8) is 0 Å². The predicted molar refractivity (Wildman–Crippen MR) is 102 cm³/mol. The highest BCUT2D eigenvalue weighted by Gasteiger charge is 2.28. The fraction of sp³-hybridized carbons (Fsp3) is 0.500. The Labute approximate surface area is 154 Å². The molecule has 1 aliphatic heterocycles. The summed E-state index contributed by atoms with van der Waals surface area (Å²) in [7, 11) is 1.84. The van der Waals surface area contributed by atoms with Crippen molar-refractivity contribution in [1.29, 1.82) is 0 Å². The molecular formula is C20H28N4O2. The maximum Gasteiger partial charge on any atom is 0.239 e. The van der Waals surface area contributed by atoms with Crippen LogP contribution < -0.4 is 5.73 Å². The van der Waals surface area contributed by atoms with Crippen LogP contribution in [0.2, 0.25) is 0 Å². The van der Waals surface area contributed by atoms with Crippen molar-refractivity contribution < 1.29 is 9.53 Å². The number of rotatable bonds is 7. The number of nitrogens with two attached hydrogens (primary N) is 1. The third kappa shape index (κ3) is 4.71. The SMILES string of the molecule is CN(CCCc1cc(-c2ccccc2)n[nH]1)C(=O)C(N)C1CCOCC1. The van der Waals surface area contributed by atoms with Crippen LogP contribution in [0.4, 0.5) is 0 Å². The van der Waals surface area contributed by atoms with Gasteiger partial charge in [0.2, 0.25) is 5.91 Å². The van der Waals surface area contributed by atoms with E-state index in [0.29, 0.717) is 19.8 Å². The molecule has 1 aromatic carbocycles. The average molecular weight is 356 g/mol. The van der Waals surface area contributed by atoms with E-state index in [4.69, 9.17) is 10.5 Å². The van der Waals surface area contributed by atoms with E-state index in [0.717, 1.165) is 42.6 Å². The maximum absolute atomic E-state index is 12.5. The topological polar surface area (TPSA) is 84.2 Å². The molecule has 26 heavy (non-hydrogen) atoms. The van der Waals surface area contributed by atoms with Crippen LogP contribution in [0.3, 0.4) is 0 Å². The Bertz CT molecular complexity index is 695. The van der Waals surface area contributed by atoms with E-state index in [2.05, 4.69) is 16.3 Å². The zero-order valence-corrected chi connectivity index (χ0v) is 15.4. The van der Waals surface area contributed by atoms with E-state index in [9.17, 15) is 4.79 Å². The number of carbonyl (C=O) groups excluding carboxylic acids is 1. The third-order valence-corrected chi connectivity index (χ3v) is 5.08. The first kappa shape index (κ1) is 18.6. The van der Waals surface area contributed by atoms with Gasteiger partial charge in [-0.15, -0.1) is 0 Å². The standard InChI is InChI=1S/C20H28N4O2/c1-24(20(25)19(21)16-9-12-26-13-10-16)11-5-8-17-14-18(23-22-17)15-6-3-2-4-7-15/h2-4,6-7,14,16,19H,5,8-13,21H2,1H3,(H,22,23). The highest BCUT2D eigenvalue weighted by molar-refractivity contribution is 5.81. The second-order valence-corrected chi connectivity index (χ2v) is 6.98. The van der Waals surface area contributed by atoms with Crippen LogP contribution in [0.25, 0.3) is 11.3 Å². The molecule has 6 heteroatoms. The van der Waals surface area contributed by atoms with Gasteiger partial charge >= 0.3 is 0 Å². The number of aryl methyl sites for hydroxylation is 1. The quantitative estimate of drug-likeness (QED) is 0.797. The van der Waals surface area contributed by atoms with Gasteiger partial charge in [0.05, 0.1) is 11.7 Å². The Morgan fingerprint density at radius 3 is 2.81 bits per heavy atom. The van der Waals surface area contributed by atoms with Gasteiger partial charge in [-0.2, -0.15) is 5.10 Å². The molecule has 1 amide bonds. The third-order valence-electron chi connectivity index (χ3n) is 5.08. The fourth-order valence-corrected chi connectivity index (χ4v) is 3.39. The Kier molecular flexibility index (Phi) is 6.41. The number of carbonyl (C=O) groups is 1. The van der Waals surface area contributed by atoms with Gasteiger partial charge in [-0.1, -0.05) is 30.3 Å². The molecule has 0 aliphatic carbocycles. The Hall–Kier alpha value is -2.18. The van der Waals surface area contributed by atoms with E-state index in [1.54, 1.807) is 4.90 Å². The molecule has 2 aromatic rings. The van der Waals surface area contributed by atoms with E-state index in [1.165, 1.54) is 0 Å². The Balaban J connectivity index is 1.45. The second-order valence-electron chi connectivity index (χ2n) is 6.98. The van der Waals surface area contributed by atoms with Gasteiger partial charge in [-0.05, 0) is 37.7 Å². The highest BCUT2D eigenvalue weighted by atomic mass is 16.5. The summed E-state index contributed by atoms with van der Waals surface area (Å²) in [5, 5.41) is 7.46. The molecule has 3 N–H and O–H groups in total. The van der Waals surface area contributed by atoms with Crippen molar-refractivity contribution >= 4 is 5.91 Å². The Morgan fingerprint density at radius 1 is 1.35 bits per heavy atom. The van der Waals surface area contributed by atoms with Gasteiger partial charge in [-0.25, -0.2) is 0 Å². The fourth-order valence-electron chi connectivity index (χ4n) is 3.39. The number of H-pyrrole nitrogens is 1. The van der Waals surface area contributed by atoms with Crippen LogP contribution in [-0.4, -0.2) is 53.9 Å². The summed E-state index contributed by atoms with van der Waals surface area (Å²) in [6.45, 7) is 2.10. The molecule has 1 aromatic heterocycles. The molecule has 0 bridgehead atoms. The summed E-state index contributed by atoms with van der Waals surface area (Å²) in [6.07, 6.45) is 3.47. The smallest absolute Gasteiger partial charge is 0.239 e. The molecule has 1 aliphatic rings. The normalized spacial score (nSPS) is 16.4. The summed E-state index contributed by atoms with van der Waals surface area (Å²) in [4.78, 5) is 14.3. The predicted octanol–water partition coefficient (Wildman–Crippen LogP) is 2.22. The molecule has 2 heterocycles. The lowest BCUT2D eigenvalue weighted by molar-refractivity contribution is -0.133. The number of nitrogens with one attached hydrogen (secondary N) is 1. The first-order valence-electron chi connectivity index (χ1n) is 9.33. The minimum Gasteiger partial charge on any atom is -0.381 e. The number of likely N-dealkylation sites (N-methyl/N-ethyl adjacent to an activating group) is 1. The number of hydrogen-bond donors (Lipinski definition) is 2. The van der Waals surface area contributed by atoms with Gasteiger partial charge < -0.3 is 15.4 Å². The van der Waals surface area contributed by atoms with Crippen molar-refractivity contribution in [2.24, 2.45) is 11.7 Å². The lowest BCUT2D eigenvalue weighted by atomic mass is 9.91. The minimum absolute atomic E-state index is 0.0338. The van der Waals surface area contributed by atoms with Crippen molar-refractivity contribution in [2.45, 2.75) is 31.7 Å². The number of hydrogen-bond acceptors (Lipinski definition) is 4. The zero-order valence-electron chi connectivity index (χ0n) is 15.4. The van der Waals surface area contributed by atoms with Gasteiger partial charge in [0, 0.05) is 38.1 Å². The first-order chi connectivity index (χ1) is 12.6. The molecule has 3 rings (SSSR count). The van der Waals surface area contributed by atoms with E-state index >= 15 is 0 Å². The molecule has 1 unspecified atom stereocenters. The molecular weight excluding hydrogens is 328 g/mol. The summed E-state index contributed by atoms with van der Waals surface area (Å²) in [5.41, 5.74) is 9.31. The molecule has 0 radical (unpaired) electrons. The van der Waals surface area contributed by atoms with Crippen LogP contribution in [0.1, 0.15) is 25.0 Å². The lowest BCUT2D eigenvalue weighted by Gasteiger charge is -2.29. The molecule has 0 saturated carbocycles. The summed E-state index contributed by atoms with van der Waals surface area (Å²) in [5.74, 6) is 0.270. The molecule has 1 atom stereocenters. The van der Waals surface area contributed by atoms with Crippen LogP contribution in [0.5, 0.6) is 0 Å². The van der Waals surface area contributed by atoms with Gasteiger partial charge in [-0.3, -0.25) is 9.89 Å². The van der Waals surface area contributed by atoms with Gasteiger partial charge in [0.25, 0.3) is 0 Å². The summed E-state index contributed by atoms with van der Waals surface area (Å²) >= 11 is 0. The molecule has 140 valence electrons. The van der Waals surface area contributed by atoms with Crippen LogP contribution in [0.15, 0.2) is 36.4 Å². The second kappa shape index (κ2) is 8.96. The molecule has 0 spiro atoms. The first-order valence-corrected chi connectivity index (χ1v) is 9.33. The molecule has 1 saturated heterocycles. The van der Waals surface area contributed by atoms with Gasteiger partial charge in [0.1, 0.15) is 0 Å². The summed E-state index contributed by atoms with van der Waals surface area (Å²) < 4.78 is 5.35. The van der Waals surface area contributed by atoms with Crippen LogP contribution in [0, 0.1) is 5.92 Å². The highest BCUT2D eigenvalue weighted by Crippen LogP contribution is 2.19. The number of nitrogens with zero attached hydrogens (tertiary/aromatic N) is 2. The van der Waals surface area contributed by atoms with Crippen molar-refractivity contribution in [3.8, 4) is 11.3 Å². The largest absolute Gasteiger partial charge is 0.381 e. The van der Waals surface area contributed by atoms with E-state index in [1.807, 2.05) is 37.4 Å². The summed E-state index contributed by atoms with van der Waals surface area (Å²) in [6, 6.07) is 11.8. The van der Waals surface area contributed by atoms with Crippen molar-refractivity contribution in [1.82, 2.24) is 15.1 Å². The number of benzene rings is 1. The number of amides is 1. The Morgan fingerprint density at radius 2 is 2.08 bits per heavy atom. The number of ether oxygens (including phenoxy) is 1. The van der Waals surface area contributed by atoms with Gasteiger partial charge in [0.15, 0.2) is 0 Å². The minimum atomic E-state index is -0.416. The molecule has 1 fully saturated rings.